The number of halogens is 1. The third-order valence-electron chi connectivity index (χ3n) is 5.72. The molecule has 1 aliphatic rings. The maximum absolute atomic E-state index is 13.3. The molecule has 29 heavy (non-hydrogen) atoms. The number of ketones is 1. The topological polar surface area (TPSA) is 32.7 Å². The van der Waals surface area contributed by atoms with Gasteiger partial charge in [-0.2, -0.15) is 5.10 Å². The first-order valence-electron chi connectivity index (χ1n) is 10.6. The molecule has 0 aliphatic carbocycles. The standard InChI is InChI=1S/C25H31FN2O/c1-4-5-9-16-28-23(19-10-7-6-8-11-19)17-22(27-28)24(29)18-25(2,3)20-12-14-21(26)15-13-20/h6-8,10-15,23H,4-5,9,16-18H2,1-3H3. The minimum atomic E-state index is -0.370. The highest BCUT2D eigenvalue weighted by molar-refractivity contribution is 6.40. The van der Waals surface area contributed by atoms with Crippen LogP contribution in [0.4, 0.5) is 4.39 Å². The van der Waals surface area contributed by atoms with Crippen molar-refractivity contribution in [2.45, 2.75) is 64.3 Å². The smallest absolute Gasteiger partial charge is 0.179 e. The Bertz CT molecular complexity index is 843. The Kier molecular flexibility index (Phi) is 6.83. The molecular formula is C25H31FN2O. The average Bonchev–Trinajstić information content (AvgIpc) is 3.13. The molecule has 1 unspecified atom stereocenters. The molecule has 2 aromatic rings. The molecule has 0 aromatic heterocycles. The number of carbonyl (C=O) groups is 1. The largest absolute Gasteiger partial charge is 0.293 e. The molecule has 0 spiro atoms. The summed E-state index contributed by atoms with van der Waals surface area (Å²) in [6, 6.07) is 16.9. The van der Waals surface area contributed by atoms with Crippen molar-refractivity contribution < 1.29 is 9.18 Å². The highest BCUT2D eigenvalue weighted by Crippen LogP contribution is 2.34. The second kappa shape index (κ2) is 9.34. The zero-order chi connectivity index (χ0) is 20.9. The minimum Gasteiger partial charge on any atom is -0.293 e. The number of unbranched alkanes of at least 4 members (excludes halogenated alkanes) is 2. The molecule has 4 heteroatoms. The van der Waals surface area contributed by atoms with Crippen LogP contribution in [0.3, 0.4) is 0 Å². The van der Waals surface area contributed by atoms with E-state index in [1.165, 1.54) is 17.7 Å². The molecule has 0 saturated heterocycles. The molecule has 0 fully saturated rings. The summed E-state index contributed by atoms with van der Waals surface area (Å²) < 4.78 is 13.3. The second-order valence-electron chi connectivity index (χ2n) is 8.54. The Morgan fingerprint density at radius 3 is 2.45 bits per heavy atom. The predicted octanol–water partition coefficient (Wildman–Crippen LogP) is 6.06. The summed E-state index contributed by atoms with van der Waals surface area (Å²) in [7, 11) is 0. The van der Waals surface area contributed by atoms with Crippen LogP contribution >= 0.6 is 0 Å². The summed E-state index contributed by atoms with van der Waals surface area (Å²) in [6.45, 7) is 7.11. The molecule has 1 heterocycles. The first-order valence-corrected chi connectivity index (χ1v) is 10.6. The van der Waals surface area contributed by atoms with Crippen LogP contribution in [-0.4, -0.2) is 23.0 Å². The molecule has 0 saturated carbocycles. The maximum Gasteiger partial charge on any atom is 0.179 e. The lowest BCUT2D eigenvalue weighted by Crippen LogP contribution is -2.26. The first kappa shape index (κ1) is 21.2. The van der Waals surface area contributed by atoms with Crippen molar-refractivity contribution in [1.29, 1.82) is 0 Å². The van der Waals surface area contributed by atoms with Gasteiger partial charge in [0.25, 0.3) is 0 Å². The molecule has 3 nitrogen and oxygen atoms in total. The molecule has 154 valence electrons. The molecule has 1 aliphatic heterocycles. The second-order valence-corrected chi connectivity index (χ2v) is 8.54. The van der Waals surface area contributed by atoms with Gasteiger partial charge in [-0.15, -0.1) is 0 Å². The Morgan fingerprint density at radius 1 is 1.10 bits per heavy atom. The monoisotopic (exact) mass is 394 g/mol. The van der Waals surface area contributed by atoms with E-state index in [1.54, 1.807) is 12.1 Å². The summed E-state index contributed by atoms with van der Waals surface area (Å²) in [5, 5.41) is 6.85. The maximum atomic E-state index is 13.3. The number of Topliss-reactive ketones (excluding diaryl/α,β-unsaturated/α-hetero) is 1. The van der Waals surface area contributed by atoms with E-state index in [0.717, 1.165) is 31.4 Å². The minimum absolute atomic E-state index is 0.0817. The van der Waals surface area contributed by atoms with Crippen molar-refractivity contribution in [1.82, 2.24) is 5.01 Å². The number of carbonyl (C=O) groups excluding carboxylic acids is 1. The van der Waals surface area contributed by atoms with Crippen LogP contribution in [-0.2, 0) is 10.2 Å². The Hall–Kier alpha value is -2.49. The van der Waals surface area contributed by atoms with Gasteiger partial charge in [0.05, 0.1) is 6.04 Å². The van der Waals surface area contributed by atoms with Crippen molar-refractivity contribution in [3.05, 3.63) is 71.5 Å². The zero-order valence-electron chi connectivity index (χ0n) is 17.7. The fourth-order valence-electron chi connectivity index (χ4n) is 3.92. The molecule has 3 rings (SSSR count). The summed E-state index contributed by atoms with van der Waals surface area (Å²) in [5.41, 5.74) is 2.45. The Labute approximate surface area is 173 Å². The number of hydrazone groups is 1. The third kappa shape index (κ3) is 5.31. The first-order chi connectivity index (χ1) is 13.9. The van der Waals surface area contributed by atoms with Crippen molar-refractivity contribution >= 4 is 11.5 Å². The number of rotatable bonds is 9. The lowest BCUT2D eigenvalue weighted by Gasteiger charge is -2.24. The quantitative estimate of drug-likeness (QED) is 0.485. The van der Waals surface area contributed by atoms with Crippen LogP contribution in [0.5, 0.6) is 0 Å². The van der Waals surface area contributed by atoms with Gasteiger partial charge in [-0.3, -0.25) is 9.80 Å². The van der Waals surface area contributed by atoms with Gasteiger partial charge in [0.1, 0.15) is 11.5 Å². The van der Waals surface area contributed by atoms with Crippen LogP contribution in [0.1, 0.15) is 70.0 Å². The van der Waals surface area contributed by atoms with E-state index in [4.69, 9.17) is 5.10 Å². The lowest BCUT2D eigenvalue weighted by atomic mass is 9.79. The van der Waals surface area contributed by atoms with Crippen LogP contribution in [0.2, 0.25) is 0 Å². The van der Waals surface area contributed by atoms with Crippen LogP contribution < -0.4 is 0 Å². The summed E-state index contributed by atoms with van der Waals surface area (Å²) in [5.74, 6) is -0.178. The molecule has 0 bridgehead atoms. The van der Waals surface area contributed by atoms with Crippen LogP contribution in [0.15, 0.2) is 59.7 Å². The van der Waals surface area contributed by atoms with E-state index in [-0.39, 0.29) is 23.1 Å². The Balaban J connectivity index is 1.74. The summed E-state index contributed by atoms with van der Waals surface area (Å²) in [4.78, 5) is 13.1. The molecular weight excluding hydrogens is 363 g/mol. The number of nitrogens with zero attached hydrogens (tertiary/aromatic N) is 2. The van der Waals surface area contributed by atoms with Gasteiger partial charge in [-0.05, 0) is 35.1 Å². The van der Waals surface area contributed by atoms with E-state index < -0.39 is 0 Å². The third-order valence-corrected chi connectivity index (χ3v) is 5.72. The van der Waals surface area contributed by atoms with Gasteiger partial charge in [0, 0.05) is 19.4 Å². The van der Waals surface area contributed by atoms with E-state index in [9.17, 15) is 9.18 Å². The highest BCUT2D eigenvalue weighted by atomic mass is 19.1. The highest BCUT2D eigenvalue weighted by Gasteiger charge is 2.33. The van der Waals surface area contributed by atoms with E-state index in [1.807, 2.05) is 32.0 Å². The molecule has 1 atom stereocenters. The van der Waals surface area contributed by atoms with Gasteiger partial charge in [-0.25, -0.2) is 4.39 Å². The van der Waals surface area contributed by atoms with E-state index >= 15 is 0 Å². The van der Waals surface area contributed by atoms with Crippen molar-refractivity contribution in [3.8, 4) is 0 Å². The SMILES string of the molecule is CCCCCN1N=C(C(=O)CC(C)(C)c2ccc(F)cc2)CC1c1ccccc1. The van der Waals surface area contributed by atoms with Crippen LogP contribution in [0.25, 0.3) is 0 Å². The number of benzene rings is 2. The molecule has 0 radical (unpaired) electrons. The number of hydrogen-bond acceptors (Lipinski definition) is 3. The predicted molar refractivity (Wildman–Crippen MR) is 117 cm³/mol. The molecule has 0 N–H and O–H groups in total. The Morgan fingerprint density at radius 2 is 1.79 bits per heavy atom. The molecule has 2 aromatic carbocycles. The van der Waals surface area contributed by atoms with E-state index in [0.29, 0.717) is 18.6 Å². The average molecular weight is 395 g/mol. The number of hydrogen-bond donors (Lipinski definition) is 0. The zero-order valence-corrected chi connectivity index (χ0v) is 17.7. The molecule has 0 amide bonds. The summed E-state index contributed by atoms with van der Waals surface area (Å²) >= 11 is 0. The summed E-state index contributed by atoms with van der Waals surface area (Å²) in [6.07, 6.45) is 4.40. The normalized spacial score (nSPS) is 16.8. The fourth-order valence-corrected chi connectivity index (χ4v) is 3.92. The van der Waals surface area contributed by atoms with Crippen molar-refractivity contribution in [2.24, 2.45) is 5.10 Å². The van der Waals surface area contributed by atoms with Crippen molar-refractivity contribution in [2.75, 3.05) is 6.54 Å². The van der Waals surface area contributed by atoms with Gasteiger partial charge >= 0.3 is 0 Å². The van der Waals surface area contributed by atoms with Gasteiger partial charge in [0.15, 0.2) is 5.78 Å². The van der Waals surface area contributed by atoms with Crippen molar-refractivity contribution in [3.63, 3.8) is 0 Å². The van der Waals surface area contributed by atoms with E-state index in [2.05, 4.69) is 24.1 Å². The lowest BCUT2D eigenvalue weighted by molar-refractivity contribution is -0.114. The fraction of sp³-hybridized carbons (Fsp3) is 0.440. The van der Waals surface area contributed by atoms with Crippen LogP contribution in [0, 0.1) is 5.82 Å². The van der Waals surface area contributed by atoms with Gasteiger partial charge in [-0.1, -0.05) is 76.1 Å². The van der Waals surface area contributed by atoms with Gasteiger partial charge < -0.3 is 0 Å². The van der Waals surface area contributed by atoms with Gasteiger partial charge in [0.2, 0.25) is 0 Å².